The Labute approximate surface area is 112 Å². The van der Waals surface area contributed by atoms with Crippen LogP contribution in [0.15, 0.2) is 28.7 Å². The van der Waals surface area contributed by atoms with E-state index in [9.17, 15) is 0 Å². The van der Waals surface area contributed by atoms with E-state index in [0.29, 0.717) is 10.9 Å². The molecule has 1 aliphatic rings. The molecule has 2 nitrogen and oxygen atoms in total. The highest BCUT2D eigenvalue weighted by Gasteiger charge is 2.21. The Kier molecular flexibility index (Phi) is 3.31. The number of hydrogen-bond donors (Lipinski definition) is 1. The van der Waals surface area contributed by atoms with Crippen LogP contribution in [0.2, 0.25) is 5.02 Å². The van der Waals surface area contributed by atoms with Crippen LogP contribution in [0.3, 0.4) is 0 Å². The van der Waals surface area contributed by atoms with Gasteiger partial charge in [0, 0.05) is 17.8 Å². The molecule has 18 heavy (non-hydrogen) atoms. The first-order valence-corrected chi connectivity index (χ1v) is 7.00. The van der Waals surface area contributed by atoms with E-state index >= 15 is 0 Å². The molecule has 1 aliphatic carbocycles. The van der Waals surface area contributed by atoms with Crippen LogP contribution in [0, 0.1) is 5.92 Å². The minimum absolute atomic E-state index is 0.588. The van der Waals surface area contributed by atoms with Crippen molar-refractivity contribution in [2.45, 2.75) is 32.2 Å². The standard InChI is InChI=1S/C15H18ClNO/c1-10(9-17-12-5-6-12)7-13-8-11-3-2-4-14(16)15(11)18-13/h2-4,8,10,12,17H,5-7,9H2,1H3. The number of halogens is 1. The van der Waals surface area contributed by atoms with E-state index in [-0.39, 0.29) is 0 Å². The van der Waals surface area contributed by atoms with Crippen LogP contribution < -0.4 is 5.32 Å². The van der Waals surface area contributed by atoms with Crippen molar-refractivity contribution < 1.29 is 4.42 Å². The first kappa shape index (κ1) is 12.1. The summed E-state index contributed by atoms with van der Waals surface area (Å²) in [6, 6.07) is 8.76. The average molecular weight is 264 g/mol. The van der Waals surface area contributed by atoms with Gasteiger partial charge in [-0.3, -0.25) is 0 Å². The SMILES string of the molecule is CC(CNC1CC1)Cc1cc2cccc(Cl)c2o1. The molecule has 3 rings (SSSR count). The zero-order chi connectivity index (χ0) is 12.5. The summed E-state index contributed by atoms with van der Waals surface area (Å²) in [6.07, 6.45) is 3.64. The molecule has 1 atom stereocenters. The lowest BCUT2D eigenvalue weighted by Crippen LogP contribution is -2.24. The van der Waals surface area contributed by atoms with Gasteiger partial charge >= 0.3 is 0 Å². The van der Waals surface area contributed by atoms with Crippen molar-refractivity contribution in [3.05, 3.63) is 35.0 Å². The summed E-state index contributed by atoms with van der Waals surface area (Å²) in [7, 11) is 0. The van der Waals surface area contributed by atoms with Crippen LogP contribution >= 0.6 is 11.6 Å². The molecular formula is C15H18ClNO. The minimum atomic E-state index is 0.588. The van der Waals surface area contributed by atoms with Gasteiger partial charge in [0.1, 0.15) is 5.76 Å². The van der Waals surface area contributed by atoms with Crippen molar-refractivity contribution in [3.8, 4) is 0 Å². The van der Waals surface area contributed by atoms with Crippen molar-refractivity contribution in [2.75, 3.05) is 6.54 Å². The Morgan fingerprint density at radius 1 is 1.44 bits per heavy atom. The maximum Gasteiger partial charge on any atom is 0.152 e. The Morgan fingerprint density at radius 2 is 2.28 bits per heavy atom. The van der Waals surface area contributed by atoms with Gasteiger partial charge in [-0.1, -0.05) is 30.7 Å². The number of hydrogen-bond acceptors (Lipinski definition) is 2. The summed E-state index contributed by atoms with van der Waals surface area (Å²) >= 11 is 6.11. The fraction of sp³-hybridized carbons (Fsp3) is 0.467. The molecule has 0 bridgehead atoms. The Morgan fingerprint density at radius 3 is 3.00 bits per heavy atom. The van der Waals surface area contributed by atoms with Gasteiger partial charge in [-0.25, -0.2) is 0 Å². The first-order valence-electron chi connectivity index (χ1n) is 6.62. The number of fused-ring (bicyclic) bond motifs is 1. The molecule has 0 amide bonds. The van der Waals surface area contributed by atoms with Crippen LogP contribution in [0.4, 0.5) is 0 Å². The lowest BCUT2D eigenvalue weighted by Gasteiger charge is -2.10. The summed E-state index contributed by atoms with van der Waals surface area (Å²) in [4.78, 5) is 0. The number of furan rings is 1. The normalized spacial score (nSPS) is 17.2. The van der Waals surface area contributed by atoms with E-state index in [2.05, 4.69) is 18.3 Å². The van der Waals surface area contributed by atoms with Gasteiger partial charge in [0.2, 0.25) is 0 Å². The smallest absolute Gasteiger partial charge is 0.152 e. The Bertz CT molecular complexity index is 544. The maximum absolute atomic E-state index is 6.11. The van der Waals surface area contributed by atoms with Crippen molar-refractivity contribution >= 4 is 22.6 Å². The molecule has 2 aromatic rings. The third-order valence-electron chi connectivity index (χ3n) is 3.43. The van der Waals surface area contributed by atoms with Crippen molar-refractivity contribution in [3.63, 3.8) is 0 Å². The first-order chi connectivity index (χ1) is 8.72. The summed E-state index contributed by atoms with van der Waals surface area (Å²) in [5.41, 5.74) is 0.816. The summed E-state index contributed by atoms with van der Waals surface area (Å²) < 4.78 is 5.83. The molecule has 0 aliphatic heterocycles. The second-order valence-electron chi connectivity index (χ2n) is 5.36. The van der Waals surface area contributed by atoms with Gasteiger partial charge in [0.15, 0.2) is 5.58 Å². The van der Waals surface area contributed by atoms with E-state index in [0.717, 1.165) is 35.7 Å². The molecule has 0 spiro atoms. The second-order valence-corrected chi connectivity index (χ2v) is 5.77. The molecule has 1 heterocycles. The van der Waals surface area contributed by atoms with Gasteiger partial charge in [-0.2, -0.15) is 0 Å². The number of rotatable bonds is 5. The molecule has 0 saturated heterocycles. The van der Waals surface area contributed by atoms with Crippen molar-refractivity contribution in [2.24, 2.45) is 5.92 Å². The predicted molar refractivity (Wildman–Crippen MR) is 75.1 cm³/mol. The zero-order valence-corrected chi connectivity index (χ0v) is 11.3. The molecule has 1 fully saturated rings. The number of benzene rings is 1. The fourth-order valence-electron chi connectivity index (χ4n) is 2.25. The molecule has 1 unspecified atom stereocenters. The Hall–Kier alpha value is -0.990. The average Bonchev–Trinajstić information content (AvgIpc) is 3.07. The van der Waals surface area contributed by atoms with Gasteiger partial charge in [0.25, 0.3) is 0 Å². The van der Waals surface area contributed by atoms with E-state index in [4.69, 9.17) is 16.0 Å². The molecule has 1 saturated carbocycles. The fourth-order valence-corrected chi connectivity index (χ4v) is 2.47. The van der Waals surface area contributed by atoms with E-state index in [1.54, 1.807) is 0 Å². The predicted octanol–water partition coefficient (Wildman–Crippen LogP) is 4.02. The lowest BCUT2D eigenvalue weighted by atomic mass is 10.1. The second kappa shape index (κ2) is 4.94. The van der Waals surface area contributed by atoms with Crippen LogP contribution in [0.1, 0.15) is 25.5 Å². The van der Waals surface area contributed by atoms with E-state index in [1.165, 1.54) is 12.8 Å². The van der Waals surface area contributed by atoms with Crippen molar-refractivity contribution in [1.82, 2.24) is 5.32 Å². The van der Waals surface area contributed by atoms with E-state index < -0.39 is 0 Å². The highest BCUT2D eigenvalue weighted by Crippen LogP contribution is 2.27. The molecule has 1 aromatic heterocycles. The zero-order valence-electron chi connectivity index (χ0n) is 10.6. The van der Waals surface area contributed by atoms with E-state index in [1.807, 2.05) is 18.2 Å². The molecule has 3 heteroatoms. The molecule has 1 N–H and O–H groups in total. The highest BCUT2D eigenvalue weighted by atomic mass is 35.5. The summed E-state index contributed by atoms with van der Waals surface area (Å²) in [6.45, 7) is 3.32. The lowest BCUT2D eigenvalue weighted by molar-refractivity contribution is 0.452. The quantitative estimate of drug-likeness (QED) is 0.882. The van der Waals surface area contributed by atoms with Crippen LogP contribution in [0.5, 0.6) is 0 Å². The van der Waals surface area contributed by atoms with Gasteiger partial charge in [0.05, 0.1) is 5.02 Å². The minimum Gasteiger partial charge on any atom is -0.459 e. The molecular weight excluding hydrogens is 246 g/mol. The highest BCUT2D eigenvalue weighted by molar-refractivity contribution is 6.34. The summed E-state index contributed by atoms with van der Waals surface area (Å²) in [5, 5.41) is 5.35. The monoisotopic (exact) mass is 263 g/mol. The third kappa shape index (κ3) is 2.70. The van der Waals surface area contributed by atoms with Crippen LogP contribution in [-0.2, 0) is 6.42 Å². The molecule has 0 radical (unpaired) electrons. The number of nitrogens with one attached hydrogen (secondary N) is 1. The molecule has 96 valence electrons. The summed E-state index contributed by atoms with van der Waals surface area (Å²) in [5.74, 6) is 1.62. The van der Waals surface area contributed by atoms with Crippen LogP contribution in [0.25, 0.3) is 11.0 Å². The van der Waals surface area contributed by atoms with Crippen LogP contribution in [-0.4, -0.2) is 12.6 Å². The molecule has 1 aromatic carbocycles. The van der Waals surface area contributed by atoms with Crippen molar-refractivity contribution in [1.29, 1.82) is 0 Å². The van der Waals surface area contributed by atoms with Gasteiger partial charge < -0.3 is 9.73 Å². The van der Waals surface area contributed by atoms with Gasteiger partial charge in [-0.05, 0) is 37.4 Å². The number of para-hydroxylation sites is 1. The third-order valence-corrected chi connectivity index (χ3v) is 3.73. The topological polar surface area (TPSA) is 25.2 Å². The van der Waals surface area contributed by atoms with Gasteiger partial charge in [-0.15, -0.1) is 0 Å². The maximum atomic E-state index is 6.11. The largest absolute Gasteiger partial charge is 0.459 e. The Balaban J connectivity index is 1.67.